The summed E-state index contributed by atoms with van der Waals surface area (Å²) >= 11 is 0. The van der Waals surface area contributed by atoms with Crippen LogP contribution in [0.4, 0.5) is 5.69 Å². The molecule has 5 rings (SSSR count). The lowest BCUT2D eigenvalue weighted by Gasteiger charge is -2.33. The first-order valence-corrected chi connectivity index (χ1v) is 16.3. The zero-order valence-electron chi connectivity index (χ0n) is 24.7. The second-order valence-corrected chi connectivity index (χ2v) is 13.0. The number of amides is 2. The number of carbonyl (C=O) groups is 2. The normalized spacial score (nSPS) is 15.8. The molecule has 1 aliphatic carbocycles. The van der Waals surface area contributed by atoms with E-state index < -0.39 is 28.5 Å². The van der Waals surface area contributed by atoms with Gasteiger partial charge in [0.1, 0.15) is 25.8 Å². The number of nitrogens with zero attached hydrogens (tertiary/aromatic N) is 2. The van der Waals surface area contributed by atoms with Crippen molar-refractivity contribution in [3.63, 3.8) is 0 Å². The summed E-state index contributed by atoms with van der Waals surface area (Å²) in [6.45, 7) is 4.03. The van der Waals surface area contributed by atoms with Gasteiger partial charge >= 0.3 is 0 Å². The summed E-state index contributed by atoms with van der Waals surface area (Å²) in [5, 5.41) is 3.13. The lowest BCUT2D eigenvalue weighted by Crippen LogP contribution is -2.53. The Hall–Kier alpha value is -4.05. The van der Waals surface area contributed by atoms with Crippen molar-refractivity contribution in [1.29, 1.82) is 0 Å². The van der Waals surface area contributed by atoms with Gasteiger partial charge in [0.15, 0.2) is 11.5 Å². The first-order valence-electron chi connectivity index (χ1n) is 14.9. The van der Waals surface area contributed by atoms with E-state index in [4.69, 9.17) is 9.47 Å². The summed E-state index contributed by atoms with van der Waals surface area (Å²) in [7, 11) is -4.17. The van der Waals surface area contributed by atoms with E-state index in [2.05, 4.69) is 5.32 Å². The third kappa shape index (κ3) is 7.30. The van der Waals surface area contributed by atoms with Crippen molar-refractivity contribution in [2.75, 3.05) is 24.1 Å². The average molecular weight is 606 g/mol. The Labute approximate surface area is 253 Å². The fourth-order valence-corrected chi connectivity index (χ4v) is 7.02. The highest BCUT2D eigenvalue weighted by Gasteiger charge is 2.33. The van der Waals surface area contributed by atoms with Gasteiger partial charge in [-0.25, -0.2) is 8.42 Å². The topological polar surface area (TPSA) is 105 Å². The molecule has 0 bridgehead atoms. The van der Waals surface area contributed by atoms with Crippen LogP contribution in [0.15, 0.2) is 77.7 Å². The Morgan fingerprint density at radius 3 is 2.35 bits per heavy atom. The molecule has 1 atom stereocenters. The first-order chi connectivity index (χ1) is 20.7. The number of aryl methyl sites for hydroxylation is 1. The second kappa shape index (κ2) is 13.5. The van der Waals surface area contributed by atoms with Crippen molar-refractivity contribution < 1.29 is 27.5 Å². The standard InChI is InChI=1S/C33H39N3O6S/c1-24-10-9-11-26(20-24)22-35(25(2)33(38)34-27-12-5-3-6-13-27)32(37)23-36(43(39,40)29-14-7-4-8-15-29)28-16-17-30-31(21-28)42-19-18-41-30/h4,7-11,14-17,20-21,25,27H,3,5-6,12-13,18-19,22-23H2,1-2H3,(H,34,38). The van der Waals surface area contributed by atoms with Crippen LogP contribution < -0.4 is 19.1 Å². The Balaban J connectivity index is 1.48. The van der Waals surface area contributed by atoms with Crippen molar-refractivity contribution in [3.05, 3.63) is 83.9 Å². The van der Waals surface area contributed by atoms with E-state index in [9.17, 15) is 18.0 Å². The summed E-state index contributed by atoms with van der Waals surface area (Å²) in [5.41, 5.74) is 2.13. The van der Waals surface area contributed by atoms with Crippen LogP contribution in [0.1, 0.15) is 50.2 Å². The van der Waals surface area contributed by atoms with Crippen molar-refractivity contribution in [2.45, 2.75) is 69.5 Å². The van der Waals surface area contributed by atoms with Crippen molar-refractivity contribution >= 4 is 27.5 Å². The van der Waals surface area contributed by atoms with Gasteiger partial charge in [-0.15, -0.1) is 0 Å². The number of sulfonamides is 1. The predicted molar refractivity (Wildman–Crippen MR) is 165 cm³/mol. The highest BCUT2D eigenvalue weighted by Crippen LogP contribution is 2.36. The fraction of sp³-hybridized carbons (Fsp3) is 0.394. The average Bonchev–Trinajstić information content (AvgIpc) is 3.02. The minimum absolute atomic E-state index is 0.0472. The van der Waals surface area contributed by atoms with E-state index in [0.29, 0.717) is 24.7 Å². The van der Waals surface area contributed by atoms with E-state index in [1.165, 1.54) is 17.0 Å². The number of fused-ring (bicyclic) bond motifs is 1. The molecule has 2 amide bonds. The van der Waals surface area contributed by atoms with Crippen LogP contribution in [-0.2, 0) is 26.2 Å². The summed E-state index contributed by atoms with van der Waals surface area (Å²) < 4.78 is 40.5. The van der Waals surface area contributed by atoms with Crippen LogP contribution in [0.25, 0.3) is 0 Å². The Bertz CT molecular complexity index is 1540. The van der Waals surface area contributed by atoms with Gasteiger partial charge in [0.05, 0.1) is 10.6 Å². The summed E-state index contributed by atoms with van der Waals surface area (Å²) in [6.07, 6.45) is 5.11. The molecule has 0 radical (unpaired) electrons. The smallest absolute Gasteiger partial charge is 0.264 e. The van der Waals surface area contributed by atoms with Crippen molar-refractivity contribution in [1.82, 2.24) is 10.2 Å². The molecule has 3 aromatic carbocycles. The van der Waals surface area contributed by atoms with Gasteiger partial charge in [0.25, 0.3) is 10.0 Å². The molecule has 1 heterocycles. The van der Waals surface area contributed by atoms with Gasteiger partial charge < -0.3 is 19.7 Å². The molecule has 0 aromatic heterocycles. The largest absolute Gasteiger partial charge is 0.486 e. The van der Waals surface area contributed by atoms with E-state index >= 15 is 0 Å². The van der Waals surface area contributed by atoms with E-state index in [1.54, 1.807) is 43.3 Å². The number of benzene rings is 3. The maximum atomic E-state index is 14.2. The third-order valence-corrected chi connectivity index (χ3v) is 9.77. The van der Waals surface area contributed by atoms with Crippen LogP contribution in [0.2, 0.25) is 0 Å². The molecule has 0 saturated heterocycles. The van der Waals surface area contributed by atoms with Gasteiger partial charge in [-0.3, -0.25) is 13.9 Å². The zero-order chi connectivity index (χ0) is 30.4. The van der Waals surface area contributed by atoms with Crippen molar-refractivity contribution in [3.8, 4) is 11.5 Å². The number of hydrogen-bond donors (Lipinski definition) is 1. The molecule has 0 spiro atoms. The van der Waals surface area contributed by atoms with Gasteiger partial charge in [0.2, 0.25) is 11.8 Å². The molecular weight excluding hydrogens is 566 g/mol. The third-order valence-electron chi connectivity index (χ3n) is 7.98. The maximum Gasteiger partial charge on any atom is 0.264 e. The van der Waals surface area contributed by atoms with Crippen LogP contribution >= 0.6 is 0 Å². The molecule has 43 heavy (non-hydrogen) atoms. The fourth-order valence-electron chi connectivity index (χ4n) is 5.59. The molecule has 10 heteroatoms. The van der Waals surface area contributed by atoms with Crippen LogP contribution in [0.3, 0.4) is 0 Å². The van der Waals surface area contributed by atoms with Gasteiger partial charge in [0, 0.05) is 18.7 Å². The molecule has 1 unspecified atom stereocenters. The van der Waals surface area contributed by atoms with Crippen LogP contribution in [0.5, 0.6) is 11.5 Å². The highest BCUT2D eigenvalue weighted by atomic mass is 32.2. The molecule has 1 saturated carbocycles. The molecule has 1 aliphatic heterocycles. The van der Waals surface area contributed by atoms with Crippen LogP contribution in [0, 0.1) is 6.92 Å². The quantitative estimate of drug-likeness (QED) is 0.355. The summed E-state index contributed by atoms with van der Waals surface area (Å²) in [6, 6.07) is 19.8. The molecule has 2 aliphatic rings. The molecular formula is C33H39N3O6S. The Morgan fingerprint density at radius 2 is 1.63 bits per heavy atom. The monoisotopic (exact) mass is 605 g/mol. The summed E-state index contributed by atoms with van der Waals surface area (Å²) in [4.78, 5) is 29.2. The molecule has 228 valence electrons. The zero-order valence-corrected chi connectivity index (χ0v) is 25.5. The first kappa shape index (κ1) is 30.4. The summed E-state index contributed by atoms with van der Waals surface area (Å²) in [5.74, 6) is 0.167. The Morgan fingerprint density at radius 1 is 0.907 bits per heavy atom. The molecule has 1 fully saturated rings. The van der Waals surface area contributed by atoms with E-state index in [-0.39, 0.29) is 29.1 Å². The highest BCUT2D eigenvalue weighted by molar-refractivity contribution is 7.92. The number of hydrogen-bond acceptors (Lipinski definition) is 6. The number of nitrogens with one attached hydrogen (secondary N) is 1. The number of ether oxygens (including phenoxy) is 2. The van der Waals surface area contributed by atoms with Crippen molar-refractivity contribution in [2.24, 2.45) is 0 Å². The number of rotatable bonds is 10. The molecule has 1 N–H and O–H groups in total. The minimum Gasteiger partial charge on any atom is -0.486 e. The van der Waals surface area contributed by atoms with E-state index in [0.717, 1.165) is 47.5 Å². The maximum absolute atomic E-state index is 14.2. The van der Waals surface area contributed by atoms with Gasteiger partial charge in [-0.05, 0) is 56.5 Å². The number of anilines is 1. The van der Waals surface area contributed by atoms with Gasteiger partial charge in [-0.2, -0.15) is 0 Å². The van der Waals surface area contributed by atoms with Crippen LogP contribution in [-0.4, -0.2) is 57.0 Å². The lowest BCUT2D eigenvalue weighted by molar-refractivity contribution is -0.139. The Kier molecular flexibility index (Phi) is 9.55. The minimum atomic E-state index is -4.17. The SMILES string of the molecule is Cc1cccc(CN(C(=O)CN(c2ccc3c(c2)OCCO3)S(=O)(=O)c2ccccc2)C(C)C(=O)NC2CCCCC2)c1. The van der Waals surface area contributed by atoms with Gasteiger partial charge in [-0.1, -0.05) is 67.3 Å². The second-order valence-electron chi connectivity index (χ2n) is 11.2. The van der Waals surface area contributed by atoms with E-state index in [1.807, 2.05) is 31.2 Å². The predicted octanol–water partition coefficient (Wildman–Crippen LogP) is 4.83. The number of carbonyl (C=O) groups excluding carboxylic acids is 2. The lowest BCUT2D eigenvalue weighted by atomic mass is 9.95. The molecule has 3 aromatic rings. The molecule has 9 nitrogen and oxygen atoms in total.